The molecule has 0 spiro atoms. The number of hydrogen-bond donors (Lipinski definition) is 1. The van der Waals surface area contributed by atoms with E-state index < -0.39 is 5.97 Å². The minimum absolute atomic E-state index is 0.801. The van der Waals surface area contributed by atoms with Crippen molar-refractivity contribution in [2.24, 2.45) is 0 Å². The summed E-state index contributed by atoms with van der Waals surface area (Å²) in [5, 5.41) is 8.54. The lowest BCUT2D eigenvalue weighted by molar-refractivity contribution is -0.131. The van der Waals surface area contributed by atoms with E-state index in [9.17, 15) is 4.79 Å². The van der Waals surface area contributed by atoms with Crippen LogP contribution in [0.5, 0.6) is 0 Å². The summed E-state index contributed by atoms with van der Waals surface area (Å²) in [6.07, 6.45) is 2.97. The highest BCUT2D eigenvalue weighted by molar-refractivity contribution is 5.80. The fourth-order valence-corrected chi connectivity index (χ4v) is 1.38. The molecule has 2 nitrogen and oxygen atoms in total. The third kappa shape index (κ3) is 4.45. The lowest BCUT2D eigenvalue weighted by Crippen LogP contribution is -1.92. The van der Waals surface area contributed by atoms with Crippen molar-refractivity contribution in [1.29, 1.82) is 0 Å². The Balaban J connectivity index is 2.50. The van der Waals surface area contributed by atoms with Crippen molar-refractivity contribution in [2.45, 2.75) is 26.7 Å². The molecule has 0 saturated carbocycles. The second-order valence-corrected chi connectivity index (χ2v) is 3.81. The van der Waals surface area contributed by atoms with E-state index in [1.165, 1.54) is 17.2 Å². The van der Waals surface area contributed by atoms with Crippen molar-refractivity contribution >= 4 is 5.97 Å². The molecule has 15 heavy (non-hydrogen) atoms. The maximum Gasteiger partial charge on any atom is 0.328 e. The summed E-state index contributed by atoms with van der Waals surface area (Å²) < 4.78 is 0. The van der Waals surface area contributed by atoms with Crippen LogP contribution in [0.3, 0.4) is 0 Å². The predicted octanol–water partition coefficient (Wildman–Crippen LogP) is 2.96. The molecule has 0 fully saturated rings. The fraction of sp³-hybridized carbons (Fsp3) is 0.308. The highest BCUT2D eigenvalue weighted by atomic mass is 16.4. The van der Waals surface area contributed by atoms with Gasteiger partial charge in [-0.25, -0.2) is 4.79 Å². The molecule has 0 bridgehead atoms. The summed E-state index contributed by atoms with van der Waals surface area (Å²) in [5.74, 6) is -0.864. The number of aryl methyl sites for hydroxylation is 2. The van der Waals surface area contributed by atoms with Gasteiger partial charge in [0, 0.05) is 6.08 Å². The lowest BCUT2D eigenvalue weighted by atomic mass is 10.0. The van der Waals surface area contributed by atoms with Crippen LogP contribution >= 0.6 is 0 Å². The average Bonchev–Trinajstić information content (AvgIpc) is 2.16. The summed E-state index contributed by atoms with van der Waals surface area (Å²) in [4.78, 5) is 10.4. The molecule has 0 atom stereocenters. The normalized spacial score (nSPS) is 11.5. The molecule has 1 aromatic carbocycles. The molecular formula is C13H16O2. The van der Waals surface area contributed by atoms with Gasteiger partial charge in [0.05, 0.1) is 0 Å². The Hall–Kier alpha value is -1.57. The summed E-state index contributed by atoms with van der Waals surface area (Å²) in [6, 6.07) is 8.32. The lowest BCUT2D eigenvalue weighted by Gasteiger charge is -2.02. The molecule has 0 aliphatic heterocycles. The number of carboxylic acids is 1. The van der Waals surface area contributed by atoms with Crippen LogP contribution in [0.4, 0.5) is 0 Å². The Morgan fingerprint density at radius 2 is 1.93 bits per heavy atom. The molecular weight excluding hydrogens is 188 g/mol. The molecule has 2 heteroatoms. The van der Waals surface area contributed by atoms with Crippen molar-refractivity contribution < 1.29 is 9.90 Å². The Morgan fingerprint density at radius 1 is 1.33 bits per heavy atom. The van der Waals surface area contributed by atoms with Crippen LogP contribution in [-0.2, 0) is 11.2 Å². The number of aliphatic carboxylic acids is 1. The Bertz CT molecular complexity index is 361. The van der Waals surface area contributed by atoms with Gasteiger partial charge in [0.2, 0.25) is 0 Å². The summed E-state index contributed by atoms with van der Waals surface area (Å²) in [6.45, 7) is 3.90. The molecule has 0 aromatic heterocycles. The van der Waals surface area contributed by atoms with Crippen molar-refractivity contribution in [3.8, 4) is 0 Å². The largest absolute Gasteiger partial charge is 0.478 e. The number of carbonyl (C=O) groups is 1. The van der Waals surface area contributed by atoms with E-state index in [4.69, 9.17) is 5.11 Å². The van der Waals surface area contributed by atoms with Gasteiger partial charge in [0.25, 0.3) is 0 Å². The zero-order valence-corrected chi connectivity index (χ0v) is 9.16. The third-order valence-electron chi connectivity index (χ3n) is 2.30. The summed E-state index contributed by atoms with van der Waals surface area (Å²) in [7, 11) is 0. The molecule has 0 unspecified atom stereocenters. The van der Waals surface area contributed by atoms with Crippen LogP contribution in [0.2, 0.25) is 0 Å². The smallest absolute Gasteiger partial charge is 0.328 e. The predicted molar refractivity (Wildman–Crippen MR) is 60.9 cm³/mol. The minimum Gasteiger partial charge on any atom is -0.478 e. The van der Waals surface area contributed by atoms with Gasteiger partial charge in [-0.15, -0.1) is 0 Å². The van der Waals surface area contributed by atoms with Gasteiger partial charge in [0.1, 0.15) is 0 Å². The van der Waals surface area contributed by atoms with Gasteiger partial charge in [0.15, 0.2) is 0 Å². The Labute approximate surface area is 90.3 Å². The topological polar surface area (TPSA) is 37.3 Å². The molecule has 1 N–H and O–H groups in total. The summed E-state index contributed by atoms with van der Waals surface area (Å²) in [5.41, 5.74) is 3.40. The van der Waals surface area contributed by atoms with E-state index in [0.29, 0.717) is 0 Å². The van der Waals surface area contributed by atoms with E-state index in [2.05, 4.69) is 31.2 Å². The third-order valence-corrected chi connectivity index (χ3v) is 2.30. The van der Waals surface area contributed by atoms with Gasteiger partial charge in [-0.2, -0.15) is 0 Å². The highest BCUT2D eigenvalue weighted by Gasteiger charge is 1.96. The van der Waals surface area contributed by atoms with Gasteiger partial charge < -0.3 is 5.11 Å². The second kappa shape index (κ2) is 5.35. The van der Waals surface area contributed by atoms with Crippen molar-refractivity contribution in [3.05, 3.63) is 47.0 Å². The first kappa shape index (κ1) is 11.5. The maximum absolute atomic E-state index is 10.4. The average molecular weight is 204 g/mol. The Morgan fingerprint density at radius 3 is 2.47 bits per heavy atom. The van der Waals surface area contributed by atoms with E-state index in [-0.39, 0.29) is 0 Å². The SMILES string of the molecule is C/C(=C/C(=O)O)CCc1ccc(C)cc1. The van der Waals surface area contributed by atoms with E-state index in [1.807, 2.05) is 6.92 Å². The van der Waals surface area contributed by atoms with Crippen LogP contribution in [0.15, 0.2) is 35.9 Å². The van der Waals surface area contributed by atoms with E-state index in [0.717, 1.165) is 18.4 Å². The minimum atomic E-state index is -0.864. The Kier molecular flexibility index (Phi) is 4.10. The molecule has 0 heterocycles. The number of benzene rings is 1. The van der Waals surface area contributed by atoms with Gasteiger partial charge in [-0.1, -0.05) is 35.4 Å². The first-order chi connectivity index (χ1) is 7.08. The second-order valence-electron chi connectivity index (χ2n) is 3.81. The molecule has 0 aliphatic carbocycles. The molecule has 0 saturated heterocycles. The van der Waals surface area contributed by atoms with Crippen molar-refractivity contribution in [1.82, 2.24) is 0 Å². The van der Waals surface area contributed by atoms with Crippen LogP contribution in [0.25, 0.3) is 0 Å². The zero-order chi connectivity index (χ0) is 11.3. The monoisotopic (exact) mass is 204 g/mol. The molecule has 0 amide bonds. The maximum atomic E-state index is 10.4. The van der Waals surface area contributed by atoms with Crippen LogP contribution in [0, 0.1) is 6.92 Å². The van der Waals surface area contributed by atoms with Crippen molar-refractivity contribution in [3.63, 3.8) is 0 Å². The fourth-order valence-electron chi connectivity index (χ4n) is 1.38. The number of carboxylic acid groups (broad SMARTS) is 1. The molecule has 1 aromatic rings. The van der Waals surface area contributed by atoms with Crippen LogP contribution in [-0.4, -0.2) is 11.1 Å². The first-order valence-electron chi connectivity index (χ1n) is 5.03. The molecule has 0 aliphatic rings. The molecule has 1 rings (SSSR count). The highest BCUT2D eigenvalue weighted by Crippen LogP contribution is 2.09. The zero-order valence-electron chi connectivity index (χ0n) is 9.16. The standard InChI is InChI=1S/C13H16O2/c1-10-3-6-12(7-4-10)8-5-11(2)9-13(14)15/h3-4,6-7,9H,5,8H2,1-2H3,(H,14,15)/b11-9-. The van der Waals surface area contributed by atoms with Gasteiger partial charge in [-0.05, 0) is 32.3 Å². The number of allylic oxidation sites excluding steroid dienone is 1. The van der Waals surface area contributed by atoms with Crippen molar-refractivity contribution in [2.75, 3.05) is 0 Å². The number of rotatable bonds is 4. The quantitative estimate of drug-likeness (QED) is 0.765. The van der Waals surface area contributed by atoms with Crippen LogP contribution < -0.4 is 0 Å². The molecule has 0 radical (unpaired) electrons. The van der Waals surface area contributed by atoms with Crippen LogP contribution in [0.1, 0.15) is 24.5 Å². The summed E-state index contributed by atoms with van der Waals surface area (Å²) >= 11 is 0. The number of hydrogen-bond acceptors (Lipinski definition) is 1. The van der Waals surface area contributed by atoms with Gasteiger partial charge >= 0.3 is 5.97 Å². The first-order valence-corrected chi connectivity index (χ1v) is 5.03. The molecule has 80 valence electrons. The van der Waals surface area contributed by atoms with Gasteiger partial charge in [-0.3, -0.25) is 0 Å². The van der Waals surface area contributed by atoms with E-state index in [1.54, 1.807) is 0 Å². The van der Waals surface area contributed by atoms with E-state index >= 15 is 0 Å².